The third-order valence-electron chi connectivity index (χ3n) is 4.63. The summed E-state index contributed by atoms with van der Waals surface area (Å²) in [6.45, 7) is 10.5. The molecule has 0 aliphatic carbocycles. The Kier molecular flexibility index (Phi) is 6.87. The zero-order chi connectivity index (χ0) is 23.0. The molecular weight excluding hydrogens is 455 g/mol. The van der Waals surface area contributed by atoms with Crippen molar-refractivity contribution in [3.8, 4) is 0 Å². The lowest BCUT2D eigenvalue weighted by molar-refractivity contribution is -0.136. The van der Waals surface area contributed by atoms with Crippen molar-refractivity contribution in [2.24, 2.45) is 0 Å². The van der Waals surface area contributed by atoms with Crippen LogP contribution in [0.1, 0.15) is 33.3 Å². The molecule has 0 spiro atoms. The van der Waals surface area contributed by atoms with E-state index >= 15 is 0 Å². The predicted molar refractivity (Wildman–Crippen MR) is 115 cm³/mol. The normalized spacial score (nSPS) is 17.1. The Morgan fingerprint density at radius 2 is 1.90 bits per heavy atom. The first kappa shape index (κ1) is 23.8. The Balaban J connectivity index is 1.61. The number of rotatable bonds is 4. The van der Waals surface area contributed by atoms with Crippen molar-refractivity contribution in [2.75, 3.05) is 38.0 Å². The second-order valence-corrected chi connectivity index (χ2v) is 9.70. The van der Waals surface area contributed by atoms with Gasteiger partial charge in [-0.3, -0.25) is 4.90 Å². The standard InChI is InChI=1S/C19H25ClF3N5O2S/c1-11(9-27-5-7-28(8-6-27)17(29)30-18(2,3)4)24-15-14-13(25-16(20)26-15)12(10-31-14)19(21,22)23/h10-11H,5-9H2,1-4H3,(H,24,25,26)/t11-/m0/s1. The van der Waals surface area contributed by atoms with Gasteiger partial charge in [-0.25, -0.2) is 9.78 Å². The second-order valence-electron chi connectivity index (χ2n) is 8.48. The van der Waals surface area contributed by atoms with E-state index in [4.69, 9.17) is 16.3 Å². The largest absolute Gasteiger partial charge is 0.444 e. The minimum atomic E-state index is -4.51. The fourth-order valence-corrected chi connectivity index (χ4v) is 4.43. The highest BCUT2D eigenvalue weighted by Crippen LogP contribution is 2.40. The van der Waals surface area contributed by atoms with Gasteiger partial charge in [0.2, 0.25) is 5.28 Å². The summed E-state index contributed by atoms with van der Waals surface area (Å²) in [4.78, 5) is 23.9. The number of hydrogen-bond acceptors (Lipinski definition) is 7. The van der Waals surface area contributed by atoms with Gasteiger partial charge in [0.05, 0.1) is 10.3 Å². The molecule has 0 aromatic carbocycles. The molecule has 2 aromatic rings. The number of carbonyl (C=O) groups is 1. The maximum atomic E-state index is 13.2. The number of aromatic nitrogens is 2. The molecule has 1 aliphatic heterocycles. The molecule has 1 saturated heterocycles. The van der Waals surface area contributed by atoms with Gasteiger partial charge >= 0.3 is 12.3 Å². The van der Waals surface area contributed by atoms with Gasteiger partial charge in [-0.15, -0.1) is 11.3 Å². The molecule has 7 nitrogen and oxygen atoms in total. The van der Waals surface area contributed by atoms with Crippen LogP contribution in [0.15, 0.2) is 5.38 Å². The van der Waals surface area contributed by atoms with E-state index in [0.29, 0.717) is 37.4 Å². The number of amides is 1. The van der Waals surface area contributed by atoms with Gasteiger partial charge < -0.3 is 15.0 Å². The number of thiophene rings is 1. The van der Waals surface area contributed by atoms with Crippen LogP contribution in [-0.4, -0.2) is 70.2 Å². The summed E-state index contributed by atoms with van der Waals surface area (Å²) in [6.07, 6.45) is -4.83. The number of halogens is 4. The number of ether oxygens (including phenoxy) is 1. The summed E-state index contributed by atoms with van der Waals surface area (Å²) >= 11 is 6.82. The van der Waals surface area contributed by atoms with Crippen LogP contribution in [0.4, 0.5) is 23.8 Å². The van der Waals surface area contributed by atoms with E-state index in [9.17, 15) is 18.0 Å². The van der Waals surface area contributed by atoms with Crippen molar-refractivity contribution in [3.05, 3.63) is 16.2 Å². The molecule has 1 N–H and O–H groups in total. The first-order chi connectivity index (χ1) is 14.3. The lowest BCUT2D eigenvalue weighted by Gasteiger charge is -2.36. The van der Waals surface area contributed by atoms with Crippen LogP contribution in [0.3, 0.4) is 0 Å². The number of piperazine rings is 1. The molecule has 3 rings (SSSR count). The maximum Gasteiger partial charge on any atom is 0.419 e. The van der Waals surface area contributed by atoms with Crippen molar-refractivity contribution in [1.29, 1.82) is 0 Å². The smallest absolute Gasteiger partial charge is 0.419 e. The van der Waals surface area contributed by atoms with Gasteiger partial charge in [0.15, 0.2) is 0 Å². The minimum Gasteiger partial charge on any atom is -0.444 e. The Bertz CT molecular complexity index is 939. The zero-order valence-corrected chi connectivity index (χ0v) is 19.3. The zero-order valence-electron chi connectivity index (χ0n) is 17.7. The van der Waals surface area contributed by atoms with Gasteiger partial charge in [-0.1, -0.05) is 0 Å². The number of carbonyl (C=O) groups excluding carboxylic acids is 1. The van der Waals surface area contributed by atoms with Crippen LogP contribution in [0.5, 0.6) is 0 Å². The van der Waals surface area contributed by atoms with Crippen LogP contribution < -0.4 is 5.32 Å². The minimum absolute atomic E-state index is 0.112. The Morgan fingerprint density at radius 1 is 1.26 bits per heavy atom. The lowest BCUT2D eigenvalue weighted by atomic mass is 10.2. The summed E-state index contributed by atoms with van der Waals surface area (Å²) in [7, 11) is 0. The average molecular weight is 480 g/mol. The van der Waals surface area contributed by atoms with Crippen LogP contribution in [0, 0.1) is 0 Å². The average Bonchev–Trinajstić information content (AvgIpc) is 3.05. The molecular formula is C19H25ClF3N5O2S. The summed E-state index contributed by atoms with van der Waals surface area (Å²) in [5.74, 6) is 0.287. The molecule has 0 bridgehead atoms. The van der Waals surface area contributed by atoms with E-state index in [1.165, 1.54) is 0 Å². The molecule has 31 heavy (non-hydrogen) atoms. The van der Waals surface area contributed by atoms with E-state index in [1.807, 2.05) is 27.7 Å². The van der Waals surface area contributed by atoms with Gasteiger partial charge in [0.1, 0.15) is 16.9 Å². The van der Waals surface area contributed by atoms with E-state index in [0.717, 1.165) is 16.7 Å². The summed E-state index contributed by atoms with van der Waals surface area (Å²) in [6, 6.07) is -0.112. The number of hydrogen-bond donors (Lipinski definition) is 1. The Morgan fingerprint density at radius 3 is 2.48 bits per heavy atom. The molecule has 1 amide bonds. The fourth-order valence-electron chi connectivity index (χ4n) is 3.30. The molecule has 0 unspecified atom stereocenters. The Hall–Kier alpha value is -1.85. The number of alkyl halides is 3. The highest BCUT2D eigenvalue weighted by molar-refractivity contribution is 7.18. The molecule has 3 heterocycles. The van der Waals surface area contributed by atoms with Crippen LogP contribution in [0.25, 0.3) is 10.2 Å². The summed E-state index contributed by atoms with van der Waals surface area (Å²) in [5, 5.41) is 3.95. The highest BCUT2D eigenvalue weighted by atomic mass is 35.5. The monoisotopic (exact) mass is 479 g/mol. The van der Waals surface area contributed by atoms with Crippen LogP contribution in [0.2, 0.25) is 5.28 Å². The van der Waals surface area contributed by atoms with Gasteiger partial charge in [0.25, 0.3) is 0 Å². The van der Waals surface area contributed by atoms with Crippen molar-refractivity contribution in [2.45, 2.75) is 45.5 Å². The lowest BCUT2D eigenvalue weighted by Crippen LogP contribution is -2.51. The van der Waals surface area contributed by atoms with Gasteiger partial charge in [-0.2, -0.15) is 18.2 Å². The molecule has 0 saturated carbocycles. The van der Waals surface area contributed by atoms with E-state index < -0.39 is 17.3 Å². The van der Waals surface area contributed by atoms with Gasteiger partial charge in [-0.05, 0) is 39.3 Å². The first-order valence-corrected chi connectivity index (χ1v) is 11.1. The predicted octanol–water partition coefficient (Wildman–Crippen LogP) is 4.72. The van der Waals surface area contributed by atoms with Crippen molar-refractivity contribution < 1.29 is 22.7 Å². The van der Waals surface area contributed by atoms with Gasteiger partial charge in [0, 0.05) is 44.1 Å². The van der Waals surface area contributed by atoms with Crippen LogP contribution in [-0.2, 0) is 10.9 Å². The van der Waals surface area contributed by atoms with E-state index in [1.54, 1.807) is 4.90 Å². The number of nitrogens with one attached hydrogen (secondary N) is 1. The molecule has 2 aromatic heterocycles. The summed E-state index contributed by atoms with van der Waals surface area (Å²) in [5.41, 5.74) is -1.55. The third-order valence-corrected chi connectivity index (χ3v) is 5.78. The van der Waals surface area contributed by atoms with Crippen molar-refractivity contribution in [3.63, 3.8) is 0 Å². The van der Waals surface area contributed by atoms with Crippen molar-refractivity contribution >= 4 is 45.1 Å². The molecule has 1 atom stereocenters. The molecule has 1 fully saturated rings. The molecule has 12 heteroatoms. The number of fused-ring (bicyclic) bond motifs is 1. The van der Waals surface area contributed by atoms with E-state index in [2.05, 4.69) is 20.2 Å². The quantitative estimate of drug-likeness (QED) is 0.640. The Labute approximate surface area is 187 Å². The highest BCUT2D eigenvalue weighted by Gasteiger charge is 2.35. The maximum absolute atomic E-state index is 13.2. The first-order valence-electron chi connectivity index (χ1n) is 9.82. The third kappa shape index (κ3) is 6.11. The SMILES string of the molecule is C[C@@H](CN1CCN(C(=O)OC(C)(C)C)CC1)Nc1nc(Cl)nc2c(C(F)(F)F)csc12. The van der Waals surface area contributed by atoms with Crippen LogP contribution >= 0.6 is 22.9 Å². The number of anilines is 1. The molecule has 0 radical (unpaired) electrons. The molecule has 1 aliphatic rings. The second kappa shape index (κ2) is 8.95. The van der Waals surface area contributed by atoms with E-state index in [-0.39, 0.29) is 28.8 Å². The summed E-state index contributed by atoms with van der Waals surface area (Å²) < 4.78 is 45.3. The number of nitrogens with zero attached hydrogens (tertiary/aromatic N) is 4. The topological polar surface area (TPSA) is 70.6 Å². The fraction of sp³-hybridized carbons (Fsp3) is 0.632. The van der Waals surface area contributed by atoms with Crippen molar-refractivity contribution in [1.82, 2.24) is 19.8 Å². The molecule has 172 valence electrons.